The predicted molar refractivity (Wildman–Crippen MR) is 86.0 cm³/mol. The van der Waals surface area contributed by atoms with Crippen LogP contribution in [0.4, 0.5) is 18.9 Å². The van der Waals surface area contributed by atoms with Crippen molar-refractivity contribution in [2.45, 2.75) is 6.18 Å². The molecule has 3 rings (SSSR count). The Morgan fingerprint density at radius 1 is 0.833 bits per heavy atom. The summed E-state index contributed by atoms with van der Waals surface area (Å²) in [4.78, 5) is 16.3. The van der Waals surface area contributed by atoms with Crippen LogP contribution in [-0.4, -0.2) is 37.0 Å². The number of para-hydroxylation sites is 1. The number of nitrogens with zero attached hydrogens (tertiary/aromatic N) is 2. The second kappa shape index (κ2) is 6.55. The monoisotopic (exact) mass is 334 g/mol. The summed E-state index contributed by atoms with van der Waals surface area (Å²) >= 11 is 0. The van der Waals surface area contributed by atoms with Crippen LogP contribution in [0.15, 0.2) is 54.6 Å². The molecule has 6 heteroatoms. The van der Waals surface area contributed by atoms with E-state index in [9.17, 15) is 18.0 Å². The molecule has 0 radical (unpaired) electrons. The van der Waals surface area contributed by atoms with Crippen molar-refractivity contribution in [2.24, 2.45) is 0 Å². The molecule has 1 fully saturated rings. The predicted octanol–water partition coefficient (Wildman–Crippen LogP) is 3.67. The summed E-state index contributed by atoms with van der Waals surface area (Å²) in [6.07, 6.45) is -4.39. The van der Waals surface area contributed by atoms with Crippen molar-refractivity contribution >= 4 is 11.6 Å². The summed E-state index contributed by atoms with van der Waals surface area (Å²) in [7, 11) is 0. The van der Waals surface area contributed by atoms with Gasteiger partial charge in [-0.1, -0.05) is 18.2 Å². The van der Waals surface area contributed by atoms with Crippen LogP contribution < -0.4 is 4.90 Å². The summed E-state index contributed by atoms with van der Waals surface area (Å²) in [6.45, 7) is 2.51. The summed E-state index contributed by atoms with van der Waals surface area (Å²) in [6, 6.07) is 14.3. The fourth-order valence-corrected chi connectivity index (χ4v) is 2.79. The molecule has 2 aromatic carbocycles. The molecule has 1 saturated heterocycles. The fraction of sp³-hybridized carbons (Fsp3) is 0.278. The number of carbonyl (C=O) groups is 1. The Morgan fingerprint density at radius 3 is 1.96 bits per heavy atom. The Morgan fingerprint density at radius 2 is 1.42 bits per heavy atom. The third kappa shape index (κ3) is 3.53. The highest BCUT2D eigenvalue weighted by Gasteiger charge is 2.30. The molecule has 0 atom stereocenters. The second-order valence-electron chi connectivity index (χ2n) is 5.69. The number of rotatable bonds is 2. The van der Waals surface area contributed by atoms with E-state index in [-0.39, 0.29) is 11.5 Å². The number of anilines is 1. The summed E-state index contributed by atoms with van der Waals surface area (Å²) in [5, 5.41) is 0. The Hall–Kier alpha value is -2.50. The number of amides is 1. The Labute approximate surface area is 138 Å². The lowest BCUT2D eigenvalue weighted by molar-refractivity contribution is -0.137. The van der Waals surface area contributed by atoms with Gasteiger partial charge in [-0.15, -0.1) is 0 Å². The molecule has 2 aromatic rings. The molecule has 0 N–H and O–H groups in total. The topological polar surface area (TPSA) is 23.6 Å². The minimum atomic E-state index is -4.39. The summed E-state index contributed by atoms with van der Waals surface area (Å²) < 4.78 is 37.7. The van der Waals surface area contributed by atoms with Gasteiger partial charge in [0.05, 0.1) is 5.56 Å². The maximum absolute atomic E-state index is 12.6. The highest BCUT2D eigenvalue weighted by Crippen LogP contribution is 2.29. The van der Waals surface area contributed by atoms with Crippen molar-refractivity contribution in [3.8, 4) is 0 Å². The van der Waals surface area contributed by atoms with Crippen molar-refractivity contribution in [1.82, 2.24) is 4.90 Å². The second-order valence-corrected chi connectivity index (χ2v) is 5.69. The number of hydrogen-bond donors (Lipinski definition) is 0. The average molecular weight is 334 g/mol. The zero-order chi connectivity index (χ0) is 17.2. The van der Waals surface area contributed by atoms with Crippen molar-refractivity contribution in [2.75, 3.05) is 31.1 Å². The van der Waals surface area contributed by atoms with E-state index < -0.39 is 11.7 Å². The van der Waals surface area contributed by atoms with Crippen LogP contribution in [0.2, 0.25) is 0 Å². The van der Waals surface area contributed by atoms with Gasteiger partial charge in [0.25, 0.3) is 5.91 Å². The van der Waals surface area contributed by atoms with Crippen molar-refractivity contribution in [3.63, 3.8) is 0 Å². The van der Waals surface area contributed by atoms with Crippen molar-refractivity contribution in [1.29, 1.82) is 0 Å². The SMILES string of the molecule is O=C(c1ccc(C(F)(F)F)cc1)N1CCN(c2ccccc2)CC1. The van der Waals surface area contributed by atoms with Crippen molar-refractivity contribution < 1.29 is 18.0 Å². The normalized spacial score (nSPS) is 15.5. The van der Waals surface area contributed by atoms with Gasteiger partial charge in [-0.05, 0) is 36.4 Å². The molecular weight excluding hydrogens is 317 g/mol. The van der Waals surface area contributed by atoms with E-state index in [4.69, 9.17) is 0 Å². The van der Waals surface area contributed by atoms with E-state index in [2.05, 4.69) is 4.90 Å². The number of carbonyl (C=O) groups excluding carboxylic acids is 1. The highest BCUT2D eigenvalue weighted by molar-refractivity contribution is 5.94. The van der Waals surface area contributed by atoms with Gasteiger partial charge in [-0.25, -0.2) is 0 Å². The molecule has 3 nitrogen and oxygen atoms in total. The zero-order valence-electron chi connectivity index (χ0n) is 13.0. The van der Waals surface area contributed by atoms with Gasteiger partial charge in [-0.3, -0.25) is 4.79 Å². The third-order valence-electron chi connectivity index (χ3n) is 4.15. The smallest absolute Gasteiger partial charge is 0.368 e. The molecule has 0 bridgehead atoms. The molecule has 1 amide bonds. The van der Waals surface area contributed by atoms with Gasteiger partial charge >= 0.3 is 6.18 Å². The van der Waals surface area contributed by atoms with E-state index in [1.54, 1.807) is 4.90 Å². The number of piperazine rings is 1. The molecule has 1 heterocycles. The Balaban J connectivity index is 1.63. The molecule has 1 aliphatic heterocycles. The molecule has 24 heavy (non-hydrogen) atoms. The van der Waals surface area contributed by atoms with Crippen LogP contribution in [0.5, 0.6) is 0 Å². The van der Waals surface area contributed by atoms with Crippen molar-refractivity contribution in [3.05, 3.63) is 65.7 Å². The van der Waals surface area contributed by atoms with Gasteiger partial charge in [0, 0.05) is 37.4 Å². The van der Waals surface area contributed by atoms with E-state index in [0.29, 0.717) is 26.2 Å². The third-order valence-corrected chi connectivity index (χ3v) is 4.15. The minimum Gasteiger partial charge on any atom is -0.368 e. The van der Waals surface area contributed by atoms with E-state index in [1.807, 2.05) is 30.3 Å². The van der Waals surface area contributed by atoms with E-state index in [0.717, 1.165) is 17.8 Å². The van der Waals surface area contributed by atoms with E-state index >= 15 is 0 Å². The molecule has 1 aliphatic rings. The first-order valence-corrected chi connectivity index (χ1v) is 7.72. The molecule has 0 unspecified atom stereocenters. The van der Waals surface area contributed by atoms with Crippen LogP contribution in [0.25, 0.3) is 0 Å². The lowest BCUT2D eigenvalue weighted by Crippen LogP contribution is -2.48. The number of alkyl halides is 3. The number of benzene rings is 2. The molecule has 0 saturated carbocycles. The van der Waals surface area contributed by atoms with Gasteiger partial charge in [-0.2, -0.15) is 13.2 Å². The van der Waals surface area contributed by atoms with Gasteiger partial charge < -0.3 is 9.80 Å². The Kier molecular flexibility index (Phi) is 4.46. The summed E-state index contributed by atoms with van der Waals surface area (Å²) in [5.41, 5.74) is 0.656. The van der Waals surface area contributed by atoms with E-state index in [1.165, 1.54) is 12.1 Å². The molecule has 0 spiro atoms. The largest absolute Gasteiger partial charge is 0.416 e. The van der Waals surface area contributed by atoms with Gasteiger partial charge in [0.1, 0.15) is 0 Å². The zero-order valence-corrected chi connectivity index (χ0v) is 13.0. The van der Waals surface area contributed by atoms with Gasteiger partial charge in [0.15, 0.2) is 0 Å². The van der Waals surface area contributed by atoms with Crippen LogP contribution in [0.3, 0.4) is 0 Å². The lowest BCUT2D eigenvalue weighted by atomic mass is 10.1. The average Bonchev–Trinajstić information content (AvgIpc) is 2.61. The standard InChI is InChI=1S/C18H17F3N2O/c19-18(20,21)15-8-6-14(7-9-15)17(24)23-12-10-22(11-13-23)16-4-2-1-3-5-16/h1-9H,10-13H2. The first-order valence-electron chi connectivity index (χ1n) is 7.72. The maximum atomic E-state index is 12.6. The highest BCUT2D eigenvalue weighted by atomic mass is 19.4. The van der Waals surface area contributed by atoms with Crippen LogP contribution in [0.1, 0.15) is 15.9 Å². The Bertz CT molecular complexity index is 690. The first kappa shape index (κ1) is 16.4. The van der Waals surface area contributed by atoms with Gasteiger partial charge in [0.2, 0.25) is 0 Å². The number of halogens is 3. The van der Waals surface area contributed by atoms with Crippen LogP contribution in [-0.2, 0) is 6.18 Å². The maximum Gasteiger partial charge on any atom is 0.416 e. The number of hydrogen-bond acceptors (Lipinski definition) is 2. The minimum absolute atomic E-state index is 0.226. The molecule has 126 valence electrons. The lowest BCUT2D eigenvalue weighted by Gasteiger charge is -2.36. The summed E-state index contributed by atoms with van der Waals surface area (Å²) in [5.74, 6) is -0.226. The van der Waals surface area contributed by atoms with Crippen LogP contribution in [0, 0.1) is 0 Å². The van der Waals surface area contributed by atoms with Crippen LogP contribution >= 0.6 is 0 Å². The first-order chi connectivity index (χ1) is 11.4. The quantitative estimate of drug-likeness (QED) is 0.837. The fourth-order valence-electron chi connectivity index (χ4n) is 2.79. The molecular formula is C18H17F3N2O. The molecule has 0 aromatic heterocycles. The molecule has 0 aliphatic carbocycles.